The third-order valence-electron chi connectivity index (χ3n) is 1.67. The Morgan fingerprint density at radius 1 is 1.57 bits per heavy atom. The van der Waals surface area contributed by atoms with E-state index in [1.54, 1.807) is 6.07 Å². The average molecular weight is 189 g/mol. The van der Waals surface area contributed by atoms with Crippen LogP contribution in [0.5, 0.6) is 0 Å². The molecule has 1 aromatic rings. The van der Waals surface area contributed by atoms with Crippen LogP contribution < -0.4 is 5.73 Å². The van der Waals surface area contributed by atoms with Gasteiger partial charge in [-0.05, 0) is 24.6 Å². The number of nitrogens with two attached hydrogens (primary N) is 1. The van der Waals surface area contributed by atoms with Crippen LogP contribution in [0.1, 0.15) is 17.5 Å². The Morgan fingerprint density at radius 2 is 2.29 bits per heavy atom. The van der Waals surface area contributed by atoms with E-state index >= 15 is 0 Å². The fraction of sp³-hybridized carbons (Fsp3) is 0.182. The fourth-order valence-corrected chi connectivity index (χ4v) is 0.993. The molecule has 0 fully saturated rings. The lowest BCUT2D eigenvalue weighted by molar-refractivity contribution is -0.135. The van der Waals surface area contributed by atoms with Gasteiger partial charge in [0.2, 0.25) is 0 Å². The highest BCUT2D eigenvalue weighted by Crippen LogP contribution is 2.11. The van der Waals surface area contributed by atoms with Crippen molar-refractivity contribution in [3.63, 3.8) is 0 Å². The molecular weight excluding hydrogens is 178 g/mol. The van der Waals surface area contributed by atoms with Crippen molar-refractivity contribution in [1.82, 2.24) is 0 Å². The predicted octanol–water partition coefficient (Wildman–Crippen LogP) is 1.40. The highest BCUT2D eigenvalue weighted by Gasteiger charge is 1.95. The molecule has 1 rings (SSSR count). The Morgan fingerprint density at radius 3 is 2.93 bits per heavy atom. The second-order valence-corrected chi connectivity index (χ2v) is 2.96. The molecule has 0 aliphatic carbocycles. The van der Waals surface area contributed by atoms with Gasteiger partial charge < -0.3 is 10.8 Å². The molecule has 0 radical (unpaired) electrons. The number of hydrogen-bond donors (Lipinski definition) is 2. The minimum Gasteiger partial charge on any atom is -0.481 e. The van der Waals surface area contributed by atoms with E-state index in [2.05, 4.69) is 11.8 Å². The van der Waals surface area contributed by atoms with Gasteiger partial charge in [-0.25, -0.2) is 0 Å². The number of rotatable bonds is 1. The molecule has 0 spiro atoms. The van der Waals surface area contributed by atoms with Crippen LogP contribution in [0, 0.1) is 18.8 Å². The van der Waals surface area contributed by atoms with Crippen LogP contribution in [-0.4, -0.2) is 11.1 Å². The van der Waals surface area contributed by atoms with Gasteiger partial charge >= 0.3 is 5.97 Å². The molecule has 0 unspecified atom stereocenters. The van der Waals surface area contributed by atoms with Crippen molar-refractivity contribution in [3.8, 4) is 11.8 Å². The van der Waals surface area contributed by atoms with Gasteiger partial charge in [0.25, 0.3) is 0 Å². The number of nitrogen functional groups attached to an aromatic ring is 1. The third-order valence-corrected chi connectivity index (χ3v) is 1.67. The van der Waals surface area contributed by atoms with Crippen LogP contribution in [0.15, 0.2) is 18.2 Å². The SMILES string of the molecule is Cc1ccc(N)c(C#CCC(=O)O)c1. The van der Waals surface area contributed by atoms with Gasteiger partial charge in [0.05, 0.1) is 0 Å². The number of carboxylic acids is 1. The molecule has 0 amide bonds. The van der Waals surface area contributed by atoms with Crippen LogP contribution in [0.25, 0.3) is 0 Å². The summed E-state index contributed by atoms with van der Waals surface area (Å²) >= 11 is 0. The van der Waals surface area contributed by atoms with Gasteiger partial charge in [0.15, 0.2) is 0 Å². The van der Waals surface area contributed by atoms with Gasteiger partial charge in [-0.3, -0.25) is 4.79 Å². The van der Waals surface area contributed by atoms with E-state index < -0.39 is 5.97 Å². The second kappa shape index (κ2) is 4.33. The molecule has 3 heteroatoms. The zero-order chi connectivity index (χ0) is 10.6. The monoisotopic (exact) mass is 189 g/mol. The van der Waals surface area contributed by atoms with E-state index in [0.717, 1.165) is 5.56 Å². The first-order valence-electron chi connectivity index (χ1n) is 4.16. The topological polar surface area (TPSA) is 63.3 Å². The van der Waals surface area contributed by atoms with Crippen LogP contribution in [0.3, 0.4) is 0 Å². The molecule has 14 heavy (non-hydrogen) atoms. The first-order valence-corrected chi connectivity index (χ1v) is 4.16. The van der Waals surface area contributed by atoms with Gasteiger partial charge in [0.1, 0.15) is 6.42 Å². The number of hydrogen-bond acceptors (Lipinski definition) is 2. The Labute approximate surface area is 82.6 Å². The maximum Gasteiger partial charge on any atom is 0.315 e. The lowest BCUT2D eigenvalue weighted by Crippen LogP contribution is -1.92. The standard InChI is InChI=1S/C11H11NO2/c1-8-5-6-10(12)9(7-8)3-2-4-11(13)14/h5-7H,4,12H2,1H3,(H,13,14). The van der Waals surface area contributed by atoms with E-state index in [9.17, 15) is 4.79 Å². The summed E-state index contributed by atoms with van der Waals surface area (Å²) in [5, 5.41) is 8.38. The molecule has 0 aliphatic rings. The first kappa shape index (κ1) is 10.1. The minimum absolute atomic E-state index is 0.159. The molecular formula is C11H11NO2. The molecule has 3 N–H and O–H groups in total. The maximum absolute atomic E-state index is 10.2. The van der Waals surface area contributed by atoms with Crippen molar-refractivity contribution in [2.24, 2.45) is 0 Å². The molecule has 0 saturated heterocycles. The van der Waals surface area contributed by atoms with Crippen molar-refractivity contribution in [1.29, 1.82) is 0 Å². The molecule has 0 atom stereocenters. The lowest BCUT2D eigenvalue weighted by atomic mass is 10.1. The number of carboxylic acid groups (broad SMARTS) is 1. The van der Waals surface area contributed by atoms with Crippen molar-refractivity contribution in [2.75, 3.05) is 5.73 Å². The molecule has 0 heterocycles. The van der Waals surface area contributed by atoms with Gasteiger partial charge in [-0.1, -0.05) is 17.9 Å². The predicted molar refractivity (Wildman–Crippen MR) is 54.7 cm³/mol. The molecule has 72 valence electrons. The number of benzene rings is 1. The highest BCUT2D eigenvalue weighted by molar-refractivity contribution is 5.70. The summed E-state index contributed by atoms with van der Waals surface area (Å²) in [5.41, 5.74) is 7.97. The van der Waals surface area contributed by atoms with Crippen molar-refractivity contribution in [2.45, 2.75) is 13.3 Å². The third kappa shape index (κ3) is 2.83. The normalized spacial score (nSPS) is 8.93. The molecule has 1 aromatic carbocycles. The summed E-state index contributed by atoms with van der Waals surface area (Å²) in [6.07, 6.45) is -0.159. The summed E-state index contributed by atoms with van der Waals surface area (Å²) < 4.78 is 0. The van der Waals surface area contributed by atoms with Crippen LogP contribution in [0.2, 0.25) is 0 Å². The summed E-state index contributed by atoms with van der Waals surface area (Å²) in [7, 11) is 0. The Hall–Kier alpha value is -1.95. The zero-order valence-corrected chi connectivity index (χ0v) is 7.87. The average Bonchev–Trinajstić information content (AvgIpc) is 2.10. The largest absolute Gasteiger partial charge is 0.481 e. The zero-order valence-electron chi connectivity index (χ0n) is 7.87. The smallest absolute Gasteiger partial charge is 0.315 e. The number of aliphatic carboxylic acids is 1. The number of aryl methyl sites for hydroxylation is 1. The first-order chi connectivity index (χ1) is 6.59. The van der Waals surface area contributed by atoms with Gasteiger partial charge in [-0.15, -0.1) is 0 Å². The summed E-state index contributed by atoms with van der Waals surface area (Å²) in [5.74, 6) is 4.34. The van der Waals surface area contributed by atoms with E-state index in [0.29, 0.717) is 11.3 Å². The van der Waals surface area contributed by atoms with Crippen LogP contribution >= 0.6 is 0 Å². The van der Waals surface area contributed by atoms with Crippen molar-refractivity contribution in [3.05, 3.63) is 29.3 Å². The van der Waals surface area contributed by atoms with E-state index in [1.807, 2.05) is 19.1 Å². The van der Waals surface area contributed by atoms with Gasteiger partial charge in [0, 0.05) is 11.3 Å². The Bertz CT molecular complexity index is 413. The quantitative estimate of drug-likeness (QED) is 0.518. The molecule has 0 saturated carbocycles. The van der Waals surface area contributed by atoms with Crippen LogP contribution in [0.4, 0.5) is 5.69 Å². The maximum atomic E-state index is 10.2. The minimum atomic E-state index is -0.927. The van der Waals surface area contributed by atoms with Crippen molar-refractivity contribution >= 4 is 11.7 Å². The van der Waals surface area contributed by atoms with E-state index in [-0.39, 0.29) is 6.42 Å². The van der Waals surface area contributed by atoms with Crippen molar-refractivity contribution < 1.29 is 9.90 Å². The summed E-state index contributed by atoms with van der Waals surface area (Å²) in [6, 6.07) is 5.49. The molecule has 3 nitrogen and oxygen atoms in total. The fourth-order valence-electron chi connectivity index (χ4n) is 0.993. The molecule has 0 aliphatic heterocycles. The van der Waals surface area contributed by atoms with E-state index in [1.165, 1.54) is 0 Å². The summed E-state index contributed by atoms with van der Waals surface area (Å²) in [4.78, 5) is 10.2. The lowest BCUT2D eigenvalue weighted by Gasteiger charge is -1.98. The van der Waals surface area contributed by atoms with E-state index in [4.69, 9.17) is 10.8 Å². The highest BCUT2D eigenvalue weighted by atomic mass is 16.4. The second-order valence-electron chi connectivity index (χ2n) is 2.96. The number of anilines is 1. The number of carbonyl (C=O) groups is 1. The molecule has 0 aromatic heterocycles. The summed E-state index contributed by atoms with van der Waals surface area (Å²) in [6.45, 7) is 1.93. The molecule has 0 bridgehead atoms. The van der Waals surface area contributed by atoms with Crippen LogP contribution in [-0.2, 0) is 4.79 Å². The Kier molecular flexibility index (Phi) is 3.14. The Balaban J connectivity index is 2.88. The van der Waals surface area contributed by atoms with Gasteiger partial charge in [-0.2, -0.15) is 0 Å².